The molecule has 22 heavy (non-hydrogen) atoms. The molecule has 1 saturated carbocycles. The molecule has 1 unspecified atom stereocenters. The Hall–Kier alpha value is -1.18. The first-order valence-electron chi connectivity index (χ1n) is 6.84. The standard InChI is InChI=1S/C14H19F5O3/c1-9(2)10(20)22-12(7-5-4-6-8-12)13(15,16)11(3,21)14(17,18)19/h21H,1,4-8H2,2-3H3. The van der Waals surface area contributed by atoms with Crippen molar-refractivity contribution in [3.05, 3.63) is 12.2 Å². The molecule has 0 amide bonds. The quantitative estimate of drug-likeness (QED) is 0.485. The second-order valence-electron chi connectivity index (χ2n) is 5.87. The number of hydrogen-bond acceptors (Lipinski definition) is 3. The van der Waals surface area contributed by atoms with E-state index in [0.29, 0.717) is 6.42 Å². The van der Waals surface area contributed by atoms with Gasteiger partial charge >= 0.3 is 18.1 Å². The summed E-state index contributed by atoms with van der Waals surface area (Å²) in [5.41, 5.74) is -7.21. The van der Waals surface area contributed by atoms with Gasteiger partial charge < -0.3 is 9.84 Å². The van der Waals surface area contributed by atoms with Gasteiger partial charge in [-0.05, 0) is 39.5 Å². The van der Waals surface area contributed by atoms with Crippen molar-refractivity contribution in [1.82, 2.24) is 0 Å². The third-order valence-corrected chi connectivity index (χ3v) is 4.03. The SMILES string of the molecule is C=C(C)C(=O)OC1(C(F)(F)C(C)(O)C(F)(F)F)CCCCC1. The third kappa shape index (κ3) is 2.98. The van der Waals surface area contributed by atoms with E-state index < -0.39 is 42.1 Å². The average Bonchev–Trinajstić information content (AvgIpc) is 2.37. The zero-order valence-corrected chi connectivity index (χ0v) is 12.4. The largest absolute Gasteiger partial charge is 0.449 e. The Morgan fingerprint density at radius 3 is 1.95 bits per heavy atom. The second-order valence-corrected chi connectivity index (χ2v) is 5.87. The van der Waals surface area contributed by atoms with E-state index in [9.17, 15) is 31.9 Å². The summed E-state index contributed by atoms with van der Waals surface area (Å²) < 4.78 is 72.5. The van der Waals surface area contributed by atoms with E-state index in [4.69, 9.17) is 4.74 Å². The van der Waals surface area contributed by atoms with Crippen LogP contribution in [0.1, 0.15) is 46.0 Å². The van der Waals surface area contributed by atoms with E-state index in [1.54, 1.807) is 0 Å². The number of carbonyl (C=O) groups excluding carboxylic acids is 1. The summed E-state index contributed by atoms with van der Waals surface area (Å²) >= 11 is 0. The van der Waals surface area contributed by atoms with Gasteiger partial charge in [0.15, 0.2) is 5.60 Å². The third-order valence-electron chi connectivity index (χ3n) is 4.03. The number of halogens is 5. The van der Waals surface area contributed by atoms with Crippen LogP contribution in [0.5, 0.6) is 0 Å². The van der Waals surface area contributed by atoms with Crippen molar-refractivity contribution in [1.29, 1.82) is 0 Å². The molecule has 1 N–H and O–H groups in total. The van der Waals surface area contributed by atoms with Crippen molar-refractivity contribution in [2.45, 2.75) is 69.3 Å². The van der Waals surface area contributed by atoms with E-state index in [1.807, 2.05) is 0 Å². The van der Waals surface area contributed by atoms with E-state index >= 15 is 0 Å². The lowest BCUT2D eigenvalue weighted by molar-refractivity contribution is -0.365. The maximum absolute atomic E-state index is 14.6. The zero-order chi connectivity index (χ0) is 17.4. The zero-order valence-electron chi connectivity index (χ0n) is 12.4. The highest BCUT2D eigenvalue weighted by Crippen LogP contribution is 2.53. The maximum atomic E-state index is 14.6. The molecule has 0 bridgehead atoms. The molecule has 1 aliphatic rings. The number of hydrogen-bond donors (Lipinski definition) is 1. The van der Waals surface area contributed by atoms with E-state index in [-0.39, 0.29) is 25.3 Å². The molecule has 3 nitrogen and oxygen atoms in total. The van der Waals surface area contributed by atoms with Crippen LogP contribution in [0.4, 0.5) is 22.0 Å². The Bertz CT molecular complexity index is 448. The monoisotopic (exact) mass is 330 g/mol. The van der Waals surface area contributed by atoms with E-state index in [0.717, 1.165) is 0 Å². The van der Waals surface area contributed by atoms with Crippen LogP contribution in [-0.2, 0) is 9.53 Å². The van der Waals surface area contributed by atoms with Gasteiger partial charge in [0.25, 0.3) is 0 Å². The van der Waals surface area contributed by atoms with Gasteiger partial charge in [-0.1, -0.05) is 13.0 Å². The second kappa shape index (κ2) is 5.79. The van der Waals surface area contributed by atoms with Crippen LogP contribution in [0.25, 0.3) is 0 Å². The fourth-order valence-corrected chi connectivity index (χ4v) is 2.49. The first-order chi connectivity index (χ1) is 9.78. The summed E-state index contributed by atoms with van der Waals surface area (Å²) in [5, 5.41) is 9.46. The minimum atomic E-state index is -5.57. The number of aliphatic hydroxyl groups is 1. The average molecular weight is 330 g/mol. The molecule has 1 atom stereocenters. The van der Waals surface area contributed by atoms with Crippen LogP contribution >= 0.6 is 0 Å². The summed E-state index contributed by atoms with van der Waals surface area (Å²) in [7, 11) is 0. The highest BCUT2D eigenvalue weighted by atomic mass is 19.4. The molecule has 1 rings (SSSR count). The molecule has 128 valence electrons. The Kier molecular flexibility index (Phi) is 4.97. The van der Waals surface area contributed by atoms with Gasteiger partial charge in [-0.2, -0.15) is 22.0 Å². The van der Waals surface area contributed by atoms with Gasteiger partial charge in [0.2, 0.25) is 5.60 Å². The molecule has 0 heterocycles. The molecule has 0 aromatic heterocycles. The maximum Gasteiger partial charge on any atom is 0.423 e. The lowest BCUT2D eigenvalue weighted by atomic mass is 9.73. The van der Waals surface area contributed by atoms with Crippen molar-refractivity contribution in [2.75, 3.05) is 0 Å². The van der Waals surface area contributed by atoms with Crippen molar-refractivity contribution in [3.63, 3.8) is 0 Å². The number of carbonyl (C=O) groups is 1. The van der Waals surface area contributed by atoms with Crippen molar-refractivity contribution in [3.8, 4) is 0 Å². The van der Waals surface area contributed by atoms with Crippen LogP contribution < -0.4 is 0 Å². The first-order valence-corrected chi connectivity index (χ1v) is 6.84. The van der Waals surface area contributed by atoms with Crippen LogP contribution in [-0.4, -0.2) is 34.4 Å². The summed E-state index contributed by atoms with van der Waals surface area (Å²) in [6.07, 6.45) is -5.59. The normalized spacial score (nSPS) is 21.8. The predicted molar refractivity (Wildman–Crippen MR) is 68.3 cm³/mol. The predicted octanol–water partition coefficient (Wildman–Crippen LogP) is 3.76. The lowest BCUT2D eigenvalue weighted by Gasteiger charge is -2.47. The fraction of sp³-hybridized carbons (Fsp3) is 0.786. The molecule has 0 aromatic carbocycles. The minimum absolute atomic E-state index is 0.00202. The molecular formula is C14H19F5O3. The van der Waals surface area contributed by atoms with Crippen molar-refractivity contribution in [2.24, 2.45) is 0 Å². The van der Waals surface area contributed by atoms with Gasteiger partial charge in [0.1, 0.15) is 0 Å². The smallest absolute Gasteiger partial charge is 0.423 e. The molecular weight excluding hydrogens is 311 g/mol. The van der Waals surface area contributed by atoms with Crippen LogP contribution in [0.3, 0.4) is 0 Å². The number of ether oxygens (including phenoxy) is 1. The highest BCUT2D eigenvalue weighted by Gasteiger charge is 2.75. The Balaban J connectivity index is 3.31. The summed E-state index contributed by atoms with van der Waals surface area (Å²) in [4.78, 5) is 11.6. The Morgan fingerprint density at radius 1 is 1.14 bits per heavy atom. The Morgan fingerprint density at radius 2 is 1.59 bits per heavy atom. The van der Waals surface area contributed by atoms with Crippen LogP contribution in [0.2, 0.25) is 0 Å². The van der Waals surface area contributed by atoms with E-state index in [1.165, 1.54) is 6.92 Å². The van der Waals surface area contributed by atoms with Gasteiger partial charge in [-0.3, -0.25) is 0 Å². The summed E-state index contributed by atoms with van der Waals surface area (Å²) in [5.74, 6) is -5.89. The highest BCUT2D eigenvalue weighted by molar-refractivity contribution is 5.87. The van der Waals surface area contributed by atoms with Crippen LogP contribution in [0, 0.1) is 0 Å². The molecule has 1 aliphatic carbocycles. The van der Waals surface area contributed by atoms with E-state index in [2.05, 4.69) is 6.58 Å². The topological polar surface area (TPSA) is 46.5 Å². The molecule has 0 saturated heterocycles. The number of rotatable bonds is 4. The van der Waals surface area contributed by atoms with Crippen molar-refractivity contribution < 1.29 is 36.6 Å². The molecule has 8 heteroatoms. The Labute approximate surface area is 125 Å². The number of alkyl halides is 5. The molecule has 0 spiro atoms. The van der Waals surface area contributed by atoms with Gasteiger partial charge in [0.05, 0.1) is 0 Å². The lowest BCUT2D eigenvalue weighted by Crippen LogP contribution is -2.68. The fourth-order valence-electron chi connectivity index (χ4n) is 2.49. The summed E-state index contributed by atoms with van der Waals surface area (Å²) in [6.45, 7) is 4.45. The molecule has 0 aliphatic heterocycles. The molecule has 0 radical (unpaired) electrons. The molecule has 1 fully saturated rings. The number of esters is 1. The summed E-state index contributed by atoms with van der Waals surface area (Å²) in [6, 6.07) is 0. The minimum Gasteiger partial charge on any atom is -0.449 e. The van der Waals surface area contributed by atoms with Crippen molar-refractivity contribution >= 4 is 5.97 Å². The van der Waals surface area contributed by atoms with Gasteiger partial charge in [0, 0.05) is 5.57 Å². The van der Waals surface area contributed by atoms with Crippen LogP contribution in [0.15, 0.2) is 12.2 Å². The van der Waals surface area contributed by atoms with Gasteiger partial charge in [-0.15, -0.1) is 0 Å². The first kappa shape index (κ1) is 18.9. The van der Waals surface area contributed by atoms with Gasteiger partial charge in [-0.25, -0.2) is 4.79 Å². The molecule has 0 aromatic rings.